The second-order valence-corrected chi connectivity index (χ2v) is 5.64. The molecule has 0 spiro atoms. The summed E-state index contributed by atoms with van der Waals surface area (Å²) in [4.78, 5) is 13.9. The maximum absolute atomic E-state index is 5.99. The Hall–Kier alpha value is -1.53. The highest BCUT2D eigenvalue weighted by Gasteiger charge is 2.09. The van der Waals surface area contributed by atoms with Crippen LogP contribution in [0.5, 0.6) is 6.01 Å². The highest BCUT2D eigenvalue weighted by molar-refractivity contribution is 7.99. The summed E-state index contributed by atoms with van der Waals surface area (Å²) in [6, 6.07) is 7.90. The van der Waals surface area contributed by atoms with Crippen LogP contribution in [0.1, 0.15) is 20.3 Å². The van der Waals surface area contributed by atoms with Gasteiger partial charge in [-0.1, -0.05) is 24.6 Å². The van der Waals surface area contributed by atoms with Crippen LogP contribution < -0.4 is 10.1 Å². The summed E-state index contributed by atoms with van der Waals surface area (Å²) in [6.45, 7) is 5.34. The first-order chi connectivity index (χ1) is 10.2. The summed E-state index contributed by atoms with van der Waals surface area (Å²) in [7, 11) is 0. The summed E-state index contributed by atoms with van der Waals surface area (Å²) >= 11 is 7.41. The van der Waals surface area contributed by atoms with Crippen molar-refractivity contribution in [2.24, 2.45) is 0 Å². The molecule has 0 aliphatic rings. The first-order valence-electron chi connectivity index (χ1n) is 6.77. The lowest BCUT2D eigenvalue weighted by molar-refractivity contribution is 0.288. The molecular formula is C14H17ClN4OS. The van der Waals surface area contributed by atoms with Crippen molar-refractivity contribution in [3.8, 4) is 6.01 Å². The maximum Gasteiger partial charge on any atom is 0.322 e. The van der Waals surface area contributed by atoms with Gasteiger partial charge in [0.2, 0.25) is 11.1 Å². The zero-order chi connectivity index (χ0) is 15.1. The number of nitrogens with zero attached hydrogens (tertiary/aromatic N) is 3. The average Bonchev–Trinajstić information content (AvgIpc) is 2.45. The lowest BCUT2D eigenvalue weighted by atomic mass is 10.4. The van der Waals surface area contributed by atoms with Gasteiger partial charge in [-0.15, -0.1) is 0 Å². The van der Waals surface area contributed by atoms with Gasteiger partial charge in [-0.2, -0.15) is 15.0 Å². The molecule has 0 unspecified atom stereocenters. The number of anilines is 1. The monoisotopic (exact) mass is 324 g/mol. The Morgan fingerprint density at radius 2 is 2.10 bits per heavy atom. The van der Waals surface area contributed by atoms with Crippen LogP contribution in [-0.2, 0) is 0 Å². The van der Waals surface area contributed by atoms with E-state index in [0.717, 1.165) is 17.9 Å². The number of benzene rings is 1. The summed E-state index contributed by atoms with van der Waals surface area (Å²) in [5, 5.41) is 4.34. The van der Waals surface area contributed by atoms with Crippen molar-refractivity contribution >= 4 is 29.3 Å². The number of hydrogen-bond acceptors (Lipinski definition) is 6. The minimum Gasteiger partial charge on any atom is -0.463 e. The molecule has 1 aromatic carbocycles. The fourth-order valence-corrected chi connectivity index (χ4v) is 2.57. The maximum atomic E-state index is 5.99. The second kappa shape index (κ2) is 8.05. The predicted molar refractivity (Wildman–Crippen MR) is 85.4 cm³/mol. The number of aromatic nitrogens is 3. The standard InChI is InChI=1S/C14H17ClN4OS/c1-3-8-20-13-17-12(16-4-2)18-14(19-13)21-11-7-5-6-10(15)9-11/h5-7,9H,3-4,8H2,1-2H3,(H,16,17,18,19). The molecule has 0 amide bonds. The van der Waals surface area contributed by atoms with E-state index in [-0.39, 0.29) is 0 Å². The predicted octanol–water partition coefficient (Wildman–Crippen LogP) is 3.90. The molecule has 0 saturated heterocycles. The molecule has 0 aliphatic carbocycles. The zero-order valence-corrected chi connectivity index (χ0v) is 13.5. The molecule has 0 bridgehead atoms. The van der Waals surface area contributed by atoms with Crippen LogP contribution in [0.3, 0.4) is 0 Å². The van der Waals surface area contributed by atoms with E-state index in [1.165, 1.54) is 11.8 Å². The molecule has 21 heavy (non-hydrogen) atoms. The Bertz CT molecular complexity index is 597. The molecular weight excluding hydrogens is 308 g/mol. The molecule has 5 nitrogen and oxygen atoms in total. The quantitative estimate of drug-likeness (QED) is 0.833. The SMILES string of the molecule is CCCOc1nc(NCC)nc(Sc2cccc(Cl)c2)n1. The smallest absolute Gasteiger partial charge is 0.322 e. The normalized spacial score (nSPS) is 10.4. The van der Waals surface area contributed by atoms with Crippen molar-refractivity contribution in [3.05, 3.63) is 29.3 Å². The van der Waals surface area contributed by atoms with Gasteiger partial charge in [-0.05, 0) is 43.3 Å². The van der Waals surface area contributed by atoms with Gasteiger partial charge >= 0.3 is 6.01 Å². The van der Waals surface area contributed by atoms with E-state index in [1.54, 1.807) is 0 Å². The van der Waals surface area contributed by atoms with E-state index in [1.807, 2.05) is 38.1 Å². The third kappa shape index (κ3) is 5.06. The molecule has 1 aromatic heterocycles. The van der Waals surface area contributed by atoms with E-state index in [0.29, 0.717) is 28.7 Å². The minimum absolute atomic E-state index is 0.340. The van der Waals surface area contributed by atoms with Crippen molar-refractivity contribution in [2.75, 3.05) is 18.5 Å². The van der Waals surface area contributed by atoms with Crippen LogP contribution in [0, 0.1) is 0 Å². The van der Waals surface area contributed by atoms with E-state index >= 15 is 0 Å². The van der Waals surface area contributed by atoms with Gasteiger partial charge in [-0.25, -0.2) is 0 Å². The largest absolute Gasteiger partial charge is 0.463 e. The summed E-state index contributed by atoms with van der Waals surface area (Å²) in [6.07, 6.45) is 0.902. The van der Waals surface area contributed by atoms with Crippen molar-refractivity contribution in [1.82, 2.24) is 15.0 Å². The Morgan fingerprint density at radius 1 is 1.24 bits per heavy atom. The lowest BCUT2D eigenvalue weighted by Gasteiger charge is -2.08. The topological polar surface area (TPSA) is 59.9 Å². The Balaban J connectivity index is 2.22. The van der Waals surface area contributed by atoms with E-state index in [9.17, 15) is 0 Å². The summed E-state index contributed by atoms with van der Waals surface area (Å²) in [5.41, 5.74) is 0. The average molecular weight is 325 g/mol. The molecule has 0 radical (unpaired) electrons. The number of nitrogens with one attached hydrogen (secondary N) is 1. The lowest BCUT2D eigenvalue weighted by Crippen LogP contribution is -2.07. The Labute approximate surface area is 133 Å². The molecule has 0 aliphatic heterocycles. The molecule has 2 rings (SSSR count). The fourth-order valence-electron chi connectivity index (χ4n) is 1.51. The van der Waals surface area contributed by atoms with E-state index in [2.05, 4.69) is 20.3 Å². The fraction of sp³-hybridized carbons (Fsp3) is 0.357. The van der Waals surface area contributed by atoms with Gasteiger partial charge < -0.3 is 10.1 Å². The van der Waals surface area contributed by atoms with Gasteiger partial charge in [0, 0.05) is 16.5 Å². The number of hydrogen-bond donors (Lipinski definition) is 1. The van der Waals surface area contributed by atoms with Crippen molar-refractivity contribution in [2.45, 2.75) is 30.3 Å². The van der Waals surface area contributed by atoms with E-state index in [4.69, 9.17) is 16.3 Å². The first-order valence-corrected chi connectivity index (χ1v) is 7.97. The summed E-state index contributed by atoms with van der Waals surface area (Å²) < 4.78 is 5.50. The van der Waals surface area contributed by atoms with Crippen LogP contribution in [-0.4, -0.2) is 28.1 Å². The van der Waals surface area contributed by atoms with Gasteiger partial charge in [0.15, 0.2) is 0 Å². The third-order valence-corrected chi connectivity index (χ3v) is 3.46. The Morgan fingerprint density at radius 3 is 2.81 bits per heavy atom. The number of halogens is 1. The highest BCUT2D eigenvalue weighted by Crippen LogP contribution is 2.28. The van der Waals surface area contributed by atoms with Gasteiger partial charge in [-0.3, -0.25) is 0 Å². The van der Waals surface area contributed by atoms with E-state index < -0.39 is 0 Å². The van der Waals surface area contributed by atoms with Crippen molar-refractivity contribution in [1.29, 1.82) is 0 Å². The van der Waals surface area contributed by atoms with Crippen LogP contribution in [0.2, 0.25) is 5.02 Å². The molecule has 2 aromatic rings. The Kier molecular flexibility index (Phi) is 6.07. The van der Waals surface area contributed by atoms with Crippen LogP contribution in [0.15, 0.2) is 34.3 Å². The molecule has 0 fully saturated rings. The molecule has 112 valence electrons. The van der Waals surface area contributed by atoms with Crippen LogP contribution in [0.25, 0.3) is 0 Å². The first kappa shape index (κ1) is 15.9. The molecule has 0 atom stereocenters. The molecule has 7 heteroatoms. The number of rotatable bonds is 7. The van der Waals surface area contributed by atoms with Crippen molar-refractivity contribution in [3.63, 3.8) is 0 Å². The number of ether oxygens (including phenoxy) is 1. The second-order valence-electron chi connectivity index (χ2n) is 4.16. The molecule has 1 heterocycles. The van der Waals surface area contributed by atoms with Gasteiger partial charge in [0.05, 0.1) is 6.61 Å². The zero-order valence-electron chi connectivity index (χ0n) is 12.0. The third-order valence-electron chi connectivity index (χ3n) is 2.37. The van der Waals surface area contributed by atoms with Crippen LogP contribution in [0.4, 0.5) is 5.95 Å². The molecule has 1 N–H and O–H groups in total. The van der Waals surface area contributed by atoms with Gasteiger partial charge in [0.1, 0.15) is 0 Å². The van der Waals surface area contributed by atoms with Gasteiger partial charge in [0.25, 0.3) is 0 Å². The van der Waals surface area contributed by atoms with Crippen LogP contribution >= 0.6 is 23.4 Å². The summed E-state index contributed by atoms with van der Waals surface area (Å²) in [5.74, 6) is 0.517. The minimum atomic E-state index is 0.340. The molecule has 0 saturated carbocycles. The van der Waals surface area contributed by atoms with Crippen molar-refractivity contribution < 1.29 is 4.74 Å². The highest BCUT2D eigenvalue weighted by atomic mass is 35.5.